The van der Waals surface area contributed by atoms with Gasteiger partial charge in [0.1, 0.15) is 6.33 Å². The summed E-state index contributed by atoms with van der Waals surface area (Å²) in [6.45, 7) is 2.14. The van der Waals surface area contributed by atoms with Crippen LogP contribution < -0.4 is 10.6 Å². The summed E-state index contributed by atoms with van der Waals surface area (Å²) in [5.74, 6) is 0.469. The highest BCUT2D eigenvalue weighted by molar-refractivity contribution is 7.80. The van der Waals surface area contributed by atoms with Crippen LogP contribution in [-0.2, 0) is 11.3 Å². The third-order valence-electron chi connectivity index (χ3n) is 3.51. The minimum atomic E-state index is 0.239. The number of anilines is 1. The van der Waals surface area contributed by atoms with Crippen LogP contribution in [0.4, 0.5) is 5.95 Å². The first-order valence-electron chi connectivity index (χ1n) is 7.49. The zero-order valence-electron chi connectivity index (χ0n) is 12.5. The van der Waals surface area contributed by atoms with Crippen LogP contribution in [0.2, 0.25) is 5.02 Å². The molecule has 6 nitrogen and oxygen atoms in total. The van der Waals surface area contributed by atoms with Crippen molar-refractivity contribution in [3.63, 3.8) is 0 Å². The van der Waals surface area contributed by atoms with Crippen molar-refractivity contribution < 1.29 is 4.74 Å². The predicted octanol–water partition coefficient (Wildman–Crippen LogP) is 2.45. The van der Waals surface area contributed by atoms with Crippen LogP contribution in [0.3, 0.4) is 0 Å². The van der Waals surface area contributed by atoms with E-state index in [1.165, 1.54) is 0 Å². The summed E-state index contributed by atoms with van der Waals surface area (Å²) in [7, 11) is 0. The molecule has 0 bridgehead atoms. The molecule has 1 saturated heterocycles. The lowest BCUT2D eigenvalue weighted by Gasteiger charge is -2.12. The molecule has 0 aliphatic carbocycles. The number of thiocarbonyl (C=S) groups is 1. The van der Waals surface area contributed by atoms with Crippen molar-refractivity contribution in [2.45, 2.75) is 25.5 Å². The third-order valence-corrected chi connectivity index (χ3v) is 3.99. The molecule has 0 radical (unpaired) electrons. The smallest absolute Gasteiger partial charge is 0.248 e. The summed E-state index contributed by atoms with van der Waals surface area (Å²) in [4.78, 5) is 4.20. The normalized spacial score (nSPS) is 17.2. The Bertz CT molecular complexity index is 671. The second kappa shape index (κ2) is 7.72. The fraction of sp³-hybridized carbons (Fsp3) is 0.400. The highest BCUT2D eigenvalue weighted by atomic mass is 35.5. The van der Waals surface area contributed by atoms with E-state index >= 15 is 0 Å². The third kappa shape index (κ3) is 4.89. The Labute approximate surface area is 145 Å². The first kappa shape index (κ1) is 16.2. The topological polar surface area (TPSA) is 64.0 Å². The summed E-state index contributed by atoms with van der Waals surface area (Å²) in [6.07, 6.45) is 4.08. The van der Waals surface area contributed by atoms with Crippen LogP contribution in [0, 0.1) is 0 Å². The van der Waals surface area contributed by atoms with Gasteiger partial charge in [-0.15, -0.1) is 5.10 Å². The Kier molecular flexibility index (Phi) is 5.43. The molecule has 0 amide bonds. The monoisotopic (exact) mass is 351 g/mol. The fourth-order valence-electron chi connectivity index (χ4n) is 2.41. The van der Waals surface area contributed by atoms with Crippen LogP contribution >= 0.6 is 23.8 Å². The second-order valence-electron chi connectivity index (χ2n) is 5.37. The number of hydrogen-bond donors (Lipinski definition) is 2. The van der Waals surface area contributed by atoms with Crippen LogP contribution in [0.25, 0.3) is 0 Å². The summed E-state index contributed by atoms with van der Waals surface area (Å²) >= 11 is 11.2. The SMILES string of the molecule is S=C(NCC1CCCO1)Nc1ncn(Cc2cccc(Cl)c2)n1. The van der Waals surface area contributed by atoms with E-state index in [1.807, 2.05) is 24.3 Å². The number of nitrogens with zero attached hydrogens (tertiary/aromatic N) is 3. The molecule has 1 atom stereocenters. The summed E-state index contributed by atoms with van der Waals surface area (Å²) in [5, 5.41) is 11.7. The molecule has 2 heterocycles. The van der Waals surface area contributed by atoms with Gasteiger partial charge in [-0.25, -0.2) is 9.67 Å². The highest BCUT2D eigenvalue weighted by Crippen LogP contribution is 2.12. The van der Waals surface area contributed by atoms with Gasteiger partial charge < -0.3 is 10.1 Å². The van der Waals surface area contributed by atoms with Crippen LogP contribution in [-0.4, -0.2) is 39.1 Å². The van der Waals surface area contributed by atoms with E-state index in [4.69, 9.17) is 28.6 Å². The maximum absolute atomic E-state index is 5.98. The molecule has 1 aromatic carbocycles. The Morgan fingerprint density at radius 3 is 3.17 bits per heavy atom. The van der Waals surface area contributed by atoms with Crippen molar-refractivity contribution in [1.82, 2.24) is 20.1 Å². The minimum absolute atomic E-state index is 0.239. The summed E-state index contributed by atoms with van der Waals surface area (Å²) in [5.41, 5.74) is 1.06. The quantitative estimate of drug-likeness (QED) is 0.807. The molecule has 1 aliphatic rings. The lowest BCUT2D eigenvalue weighted by Crippen LogP contribution is -2.35. The predicted molar refractivity (Wildman–Crippen MR) is 93.8 cm³/mol. The molecule has 0 spiro atoms. The largest absolute Gasteiger partial charge is 0.376 e. The van der Waals surface area contributed by atoms with E-state index in [0.717, 1.165) is 25.0 Å². The molecule has 23 heavy (non-hydrogen) atoms. The molecule has 122 valence electrons. The van der Waals surface area contributed by atoms with E-state index in [9.17, 15) is 0 Å². The number of aromatic nitrogens is 3. The Morgan fingerprint density at radius 1 is 1.48 bits per heavy atom. The van der Waals surface area contributed by atoms with Gasteiger partial charge in [0.25, 0.3) is 0 Å². The van der Waals surface area contributed by atoms with Gasteiger partial charge >= 0.3 is 0 Å². The molecule has 8 heteroatoms. The van der Waals surface area contributed by atoms with E-state index in [1.54, 1.807) is 11.0 Å². The Balaban J connectivity index is 1.49. The van der Waals surface area contributed by atoms with Gasteiger partial charge in [-0.05, 0) is 42.8 Å². The molecule has 2 aromatic rings. The average Bonchev–Trinajstić information content (AvgIpc) is 3.17. The molecule has 0 saturated carbocycles. The molecule has 1 aliphatic heterocycles. The summed E-state index contributed by atoms with van der Waals surface area (Å²) in [6, 6.07) is 7.66. The van der Waals surface area contributed by atoms with Crippen LogP contribution in [0.1, 0.15) is 18.4 Å². The van der Waals surface area contributed by atoms with Crippen molar-refractivity contribution in [3.8, 4) is 0 Å². The van der Waals surface area contributed by atoms with Gasteiger partial charge in [-0.1, -0.05) is 23.7 Å². The average molecular weight is 352 g/mol. The zero-order chi connectivity index (χ0) is 16.1. The number of benzene rings is 1. The Hall–Kier alpha value is -1.70. The first-order valence-corrected chi connectivity index (χ1v) is 8.28. The van der Waals surface area contributed by atoms with Gasteiger partial charge in [-0.2, -0.15) is 0 Å². The van der Waals surface area contributed by atoms with E-state index in [0.29, 0.717) is 29.2 Å². The van der Waals surface area contributed by atoms with Crippen molar-refractivity contribution >= 4 is 34.9 Å². The molecule has 3 rings (SSSR count). The fourth-order valence-corrected chi connectivity index (χ4v) is 2.80. The lowest BCUT2D eigenvalue weighted by molar-refractivity contribution is 0.114. The number of nitrogens with one attached hydrogen (secondary N) is 2. The summed E-state index contributed by atoms with van der Waals surface area (Å²) < 4.78 is 7.27. The van der Waals surface area contributed by atoms with E-state index in [-0.39, 0.29) is 6.10 Å². The van der Waals surface area contributed by atoms with Crippen molar-refractivity contribution in [2.75, 3.05) is 18.5 Å². The zero-order valence-corrected chi connectivity index (χ0v) is 14.1. The number of halogens is 1. The maximum atomic E-state index is 5.98. The maximum Gasteiger partial charge on any atom is 0.248 e. The lowest BCUT2D eigenvalue weighted by atomic mass is 10.2. The van der Waals surface area contributed by atoms with Gasteiger partial charge in [0.15, 0.2) is 5.11 Å². The van der Waals surface area contributed by atoms with Gasteiger partial charge in [0, 0.05) is 18.2 Å². The minimum Gasteiger partial charge on any atom is -0.376 e. The molecule has 1 aromatic heterocycles. The van der Waals surface area contributed by atoms with Crippen LogP contribution in [0.5, 0.6) is 0 Å². The molecule has 1 unspecified atom stereocenters. The number of hydrogen-bond acceptors (Lipinski definition) is 4. The number of rotatable bonds is 5. The van der Waals surface area contributed by atoms with Crippen molar-refractivity contribution in [3.05, 3.63) is 41.2 Å². The first-order chi connectivity index (χ1) is 11.2. The van der Waals surface area contributed by atoms with Gasteiger partial charge in [-0.3, -0.25) is 5.32 Å². The molecule has 2 N–H and O–H groups in total. The highest BCUT2D eigenvalue weighted by Gasteiger charge is 2.15. The van der Waals surface area contributed by atoms with Crippen molar-refractivity contribution in [2.24, 2.45) is 0 Å². The van der Waals surface area contributed by atoms with Gasteiger partial charge in [0.05, 0.1) is 12.6 Å². The standard InChI is InChI=1S/C15H18ClN5OS/c16-12-4-1-3-11(7-12)9-21-10-18-14(20-21)19-15(23)17-8-13-5-2-6-22-13/h1,3-4,7,10,13H,2,5-6,8-9H2,(H2,17,19,20,23). The van der Waals surface area contributed by atoms with Crippen LogP contribution in [0.15, 0.2) is 30.6 Å². The number of ether oxygens (including phenoxy) is 1. The molecular weight excluding hydrogens is 334 g/mol. The Morgan fingerprint density at radius 2 is 2.39 bits per heavy atom. The van der Waals surface area contributed by atoms with Gasteiger partial charge in [0.2, 0.25) is 5.95 Å². The van der Waals surface area contributed by atoms with Crippen molar-refractivity contribution in [1.29, 1.82) is 0 Å². The molecule has 1 fully saturated rings. The molecular formula is C15H18ClN5OS. The van der Waals surface area contributed by atoms with E-state index < -0.39 is 0 Å². The second-order valence-corrected chi connectivity index (χ2v) is 6.21. The van der Waals surface area contributed by atoms with E-state index in [2.05, 4.69) is 20.7 Å².